The molecule has 1 fully saturated rings. The first-order chi connectivity index (χ1) is 10.3. The third kappa shape index (κ3) is 2.89. The summed E-state index contributed by atoms with van der Waals surface area (Å²) in [5, 5.41) is 8.12. The molecule has 1 aliphatic rings. The van der Waals surface area contributed by atoms with Crippen LogP contribution in [0.5, 0.6) is 0 Å². The smallest absolute Gasteiger partial charge is 0.283 e. The van der Waals surface area contributed by atoms with Crippen LogP contribution in [0.25, 0.3) is 11.7 Å². The number of aromatic nitrogens is 2. The van der Waals surface area contributed by atoms with E-state index < -0.39 is 0 Å². The molecule has 0 saturated carbocycles. The van der Waals surface area contributed by atoms with Gasteiger partial charge >= 0.3 is 0 Å². The SMILES string of the molecule is C/C=C/C(=O)N1CCC(c2nnc(-c3ccco3)o2)CC1. The largest absolute Gasteiger partial charge is 0.459 e. The van der Waals surface area contributed by atoms with Crippen molar-refractivity contribution in [2.75, 3.05) is 13.1 Å². The number of piperidine rings is 1. The van der Waals surface area contributed by atoms with Gasteiger partial charge in [-0.25, -0.2) is 0 Å². The van der Waals surface area contributed by atoms with Crippen LogP contribution in [0.15, 0.2) is 39.4 Å². The topological polar surface area (TPSA) is 72.4 Å². The zero-order valence-electron chi connectivity index (χ0n) is 11.9. The highest BCUT2D eigenvalue weighted by molar-refractivity contribution is 5.87. The number of hydrogen-bond acceptors (Lipinski definition) is 5. The summed E-state index contributed by atoms with van der Waals surface area (Å²) in [6.45, 7) is 3.28. The van der Waals surface area contributed by atoms with Gasteiger partial charge in [0.25, 0.3) is 5.89 Å². The molecule has 0 atom stereocenters. The summed E-state index contributed by atoms with van der Waals surface area (Å²) in [4.78, 5) is 13.6. The second-order valence-corrected chi connectivity index (χ2v) is 5.02. The Labute approximate surface area is 122 Å². The number of amides is 1. The molecule has 1 saturated heterocycles. The molecule has 0 aromatic carbocycles. The van der Waals surface area contributed by atoms with Crippen LogP contribution < -0.4 is 0 Å². The molecule has 3 rings (SSSR count). The van der Waals surface area contributed by atoms with Crippen LogP contribution in [0.1, 0.15) is 31.6 Å². The molecule has 21 heavy (non-hydrogen) atoms. The average Bonchev–Trinajstić information content (AvgIpc) is 3.19. The Hall–Kier alpha value is -2.37. The molecule has 0 bridgehead atoms. The summed E-state index contributed by atoms with van der Waals surface area (Å²) >= 11 is 0. The van der Waals surface area contributed by atoms with Crippen molar-refractivity contribution in [1.29, 1.82) is 0 Å². The molecule has 3 heterocycles. The van der Waals surface area contributed by atoms with E-state index in [1.165, 1.54) is 0 Å². The van der Waals surface area contributed by atoms with E-state index in [0.717, 1.165) is 12.8 Å². The molecule has 1 aliphatic heterocycles. The molecular weight excluding hydrogens is 270 g/mol. The van der Waals surface area contributed by atoms with Crippen LogP contribution in [0.4, 0.5) is 0 Å². The Bertz CT molecular complexity index is 622. The van der Waals surface area contributed by atoms with Gasteiger partial charge in [0.2, 0.25) is 11.8 Å². The summed E-state index contributed by atoms with van der Waals surface area (Å²) in [5.41, 5.74) is 0. The highest BCUT2D eigenvalue weighted by Gasteiger charge is 2.26. The third-order valence-corrected chi connectivity index (χ3v) is 3.64. The van der Waals surface area contributed by atoms with Crippen molar-refractivity contribution < 1.29 is 13.6 Å². The summed E-state index contributed by atoms with van der Waals surface area (Å²) in [6, 6.07) is 3.57. The second kappa shape index (κ2) is 5.95. The maximum absolute atomic E-state index is 11.8. The molecular formula is C15H17N3O3. The first kappa shape index (κ1) is 13.6. The van der Waals surface area contributed by atoms with E-state index in [-0.39, 0.29) is 11.8 Å². The standard InChI is InChI=1S/C15H17N3O3/c1-2-4-13(19)18-8-6-11(7-9-18)14-16-17-15(21-14)12-5-3-10-20-12/h2-5,10-11H,6-9H2,1H3/b4-2+. The predicted molar refractivity (Wildman–Crippen MR) is 75.4 cm³/mol. The Morgan fingerprint density at radius 3 is 2.86 bits per heavy atom. The number of carbonyl (C=O) groups is 1. The molecule has 0 unspecified atom stereocenters. The minimum atomic E-state index is 0.0674. The number of allylic oxidation sites excluding steroid dienone is 1. The van der Waals surface area contributed by atoms with Gasteiger partial charge < -0.3 is 13.7 Å². The van der Waals surface area contributed by atoms with Crippen molar-refractivity contribution in [3.05, 3.63) is 36.4 Å². The second-order valence-electron chi connectivity index (χ2n) is 5.02. The van der Waals surface area contributed by atoms with E-state index in [1.807, 2.05) is 11.8 Å². The first-order valence-corrected chi connectivity index (χ1v) is 7.07. The lowest BCUT2D eigenvalue weighted by Crippen LogP contribution is -2.36. The highest BCUT2D eigenvalue weighted by atomic mass is 16.4. The molecule has 2 aromatic rings. The van der Waals surface area contributed by atoms with E-state index >= 15 is 0 Å². The minimum absolute atomic E-state index is 0.0674. The van der Waals surface area contributed by atoms with Crippen LogP contribution in [-0.2, 0) is 4.79 Å². The van der Waals surface area contributed by atoms with E-state index in [0.29, 0.717) is 30.6 Å². The Balaban J connectivity index is 1.64. The van der Waals surface area contributed by atoms with Gasteiger partial charge in [0, 0.05) is 19.0 Å². The lowest BCUT2D eigenvalue weighted by atomic mass is 9.97. The number of likely N-dealkylation sites (tertiary alicyclic amines) is 1. The molecule has 1 amide bonds. The zero-order chi connectivity index (χ0) is 14.7. The van der Waals surface area contributed by atoms with E-state index in [4.69, 9.17) is 8.83 Å². The van der Waals surface area contributed by atoms with Gasteiger partial charge in [-0.2, -0.15) is 0 Å². The summed E-state index contributed by atoms with van der Waals surface area (Å²) < 4.78 is 10.9. The fourth-order valence-corrected chi connectivity index (χ4v) is 2.49. The van der Waals surface area contributed by atoms with Crippen molar-refractivity contribution in [3.63, 3.8) is 0 Å². The maximum atomic E-state index is 11.8. The predicted octanol–water partition coefficient (Wildman–Crippen LogP) is 2.61. The third-order valence-electron chi connectivity index (χ3n) is 3.64. The van der Waals surface area contributed by atoms with E-state index in [1.54, 1.807) is 30.5 Å². The number of rotatable bonds is 3. The van der Waals surface area contributed by atoms with Gasteiger partial charge in [-0.15, -0.1) is 10.2 Å². The van der Waals surface area contributed by atoms with Crippen LogP contribution in [0.2, 0.25) is 0 Å². The van der Waals surface area contributed by atoms with Gasteiger partial charge in [0.05, 0.1) is 6.26 Å². The Morgan fingerprint density at radius 2 is 2.19 bits per heavy atom. The van der Waals surface area contributed by atoms with Crippen molar-refractivity contribution in [2.45, 2.75) is 25.7 Å². The van der Waals surface area contributed by atoms with E-state index in [2.05, 4.69) is 10.2 Å². The summed E-state index contributed by atoms with van der Waals surface area (Å²) in [6.07, 6.45) is 6.61. The zero-order valence-corrected chi connectivity index (χ0v) is 11.9. The van der Waals surface area contributed by atoms with Gasteiger partial charge in [-0.3, -0.25) is 4.79 Å². The molecule has 0 N–H and O–H groups in total. The number of hydrogen-bond donors (Lipinski definition) is 0. The molecule has 110 valence electrons. The quantitative estimate of drug-likeness (QED) is 0.811. The first-order valence-electron chi connectivity index (χ1n) is 7.07. The summed E-state index contributed by atoms with van der Waals surface area (Å²) in [5.74, 6) is 1.88. The number of carbonyl (C=O) groups excluding carboxylic acids is 1. The van der Waals surface area contributed by atoms with Crippen LogP contribution >= 0.6 is 0 Å². The fourth-order valence-electron chi connectivity index (χ4n) is 2.49. The van der Waals surface area contributed by atoms with E-state index in [9.17, 15) is 4.79 Å². The fraction of sp³-hybridized carbons (Fsp3) is 0.400. The van der Waals surface area contributed by atoms with Gasteiger partial charge in [0.15, 0.2) is 5.76 Å². The summed E-state index contributed by atoms with van der Waals surface area (Å²) in [7, 11) is 0. The molecule has 6 nitrogen and oxygen atoms in total. The molecule has 2 aromatic heterocycles. The molecule has 0 radical (unpaired) electrons. The van der Waals surface area contributed by atoms with Crippen molar-refractivity contribution in [3.8, 4) is 11.7 Å². The molecule has 0 spiro atoms. The highest BCUT2D eigenvalue weighted by Crippen LogP contribution is 2.29. The monoisotopic (exact) mass is 287 g/mol. The van der Waals surface area contributed by atoms with Crippen molar-refractivity contribution >= 4 is 5.91 Å². The average molecular weight is 287 g/mol. The Morgan fingerprint density at radius 1 is 1.38 bits per heavy atom. The Kier molecular flexibility index (Phi) is 3.85. The van der Waals surface area contributed by atoms with Gasteiger partial charge in [-0.05, 0) is 38.0 Å². The van der Waals surface area contributed by atoms with Gasteiger partial charge in [0.1, 0.15) is 0 Å². The molecule has 0 aliphatic carbocycles. The van der Waals surface area contributed by atoms with Crippen molar-refractivity contribution in [2.24, 2.45) is 0 Å². The lowest BCUT2D eigenvalue weighted by Gasteiger charge is -2.29. The van der Waals surface area contributed by atoms with Crippen LogP contribution in [-0.4, -0.2) is 34.1 Å². The maximum Gasteiger partial charge on any atom is 0.283 e. The normalized spacial score (nSPS) is 16.7. The lowest BCUT2D eigenvalue weighted by molar-refractivity contribution is -0.127. The van der Waals surface area contributed by atoms with Crippen LogP contribution in [0.3, 0.4) is 0 Å². The van der Waals surface area contributed by atoms with Crippen LogP contribution in [0, 0.1) is 0 Å². The minimum Gasteiger partial charge on any atom is -0.459 e. The number of furan rings is 1. The van der Waals surface area contributed by atoms with Crippen molar-refractivity contribution in [1.82, 2.24) is 15.1 Å². The molecule has 6 heteroatoms. The van der Waals surface area contributed by atoms with Gasteiger partial charge in [-0.1, -0.05) is 6.08 Å². The number of nitrogens with zero attached hydrogens (tertiary/aromatic N) is 3.